The first-order chi connectivity index (χ1) is 17.0. The number of hydrogen-bond acceptors (Lipinski definition) is 5. The van der Waals surface area contributed by atoms with Gasteiger partial charge in [0.15, 0.2) is 0 Å². The zero-order valence-electron chi connectivity index (χ0n) is 19.7. The molecule has 3 saturated heterocycles. The standard InChI is InChI=1S/C26H30N4O5/c31-23-9-8-22(24(32)28-23)30-16-21-18(3-1-5-20(21)25(30)33)7-6-17-10-12-29(13-11-17)26(34)27-15-19-4-2-14-35-19/h1,3,5,17,19,22H,2,4,8-16H2,(H,27,34)(H,28,31,32)/t19-,22?/m1/s1. The van der Waals surface area contributed by atoms with Gasteiger partial charge >= 0.3 is 6.03 Å². The molecule has 0 bridgehead atoms. The van der Waals surface area contributed by atoms with Crippen LogP contribution in [0.15, 0.2) is 18.2 Å². The summed E-state index contributed by atoms with van der Waals surface area (Å²) in [5.41, 5.74) is 2.20. The van der Waals surface area contributed by atoms with Gasteiger partial charge in [-0.05, 0) is 49.8 Å². The molecule has 0 radical (unpaired) electrons. The second kappa shape index (κ2) is 10.1. The average molecular weight is 479 g/mol. The lowest BCUT2D eigenvalue weighted by molar-refractivity contribution is -0.136. The van der Waals surface area contributed by atoms with E-state index in [1.165, 1.54) is 0 Å². The fourth-order valence-electron chi connectivity index (χ4n) is 5.23. The summed E-state index contributed by atoms with van der Waals surface area (Å²) in [6.07, 6.45) is 4.36. The van der Waals surface area contributed by atoms with Gasteiger partial charge in [-0.25, -0.2) is 4.79 Å². The minimum absolute atomic E-state index is 0.0418. The van der Waals surface area contributed by atoms with Gasteiger partial charge in [0.1, 0.15) is 6.04 Å². The van der Waals surface area contributed by atoms with Crippen molar-refractivity contribution < 1.29 is 23.9 Å². The van der Waals surface area contributed by atoms with Crippen molar-refractivity contribution in [2.75, 3.05) is 26.2 Å². The number of rotatable bonds is 3. The predicted molar refractivity (Wildman–Crippen MR) is 126 cm³/mol. The van der Waals surface area contributed by atoms with Crippen molar-refractivity contribution in [1.82, 2.24) is 20.4 Å². The number of nitrogens with one attached hydrogen (secondary N) is 2. The fourth-order valence-corrected chi connectivity index (χ4v) is 5.23. The van der Waals surface area contributed by atoms with Gasteiger partial charge in [0, 0.05) is 56.3 Å². The van der Waals surface area contributed by atoms with E-state index in [4.69, 9.17) is 4.74 Å². The Labute approximate surface area is 204 Å². The first kappa shape index (κ1) is 23.4. The molecular weight excluding hydrogens is 448 g/mol. The molecule has 4 aliphatic rings. The largest absolute Gasteiger partial charge is 0.376 e. The normalized spacial score (nSPS) is 24.6. The molecule has 1 aromatic rings. The van der Waals surface area contributed by atoms with Gasteiger partial charge in [-0.3, -0.25) is 19.7 Å². The molecule has 9 heteroatoms. The van der Waals surface area contributed by atoms with E-state index in [0.717, 1.165) is 43.4 Å². The van der Waals surface area contributed by atoms with Crippen LogP contribution in [0.4, 0.5) is 4.79 Å². The quantitative estimate of drug-likeness (QED) is 0.504. The molecule has 5 rings (SSSR count). The van der Waals surface area contributed by atoms with Crippen LogP contribution in [0.5, 0.6) is 0 Å². The molecule has 0 aromatic heterocycles. The van der Waals surface area contributed by atoms with Crippen molar-refractivity contribution in [2.24, 2.45) is 5.92 Å². The number of fused-ring (bicyclic) bond motifs is 1. The highest BCUT2D eigenvalue weighted by atomic mass is 16.5. The molecule has 2 N–H and O–H groups in total. The third-order valence-electron chi connectivity index (χ3n) is 7.28. The van der Waals surface area contributed by atoms with Crippen LogP contribution in [0.1, 0.15) is 60.0 Å². The number of carbonyl (C=O) groups is 4. The van der Waals surface area contributed by atoms with Crippen LogP contribution in [0.3, 0.4) is 0 Å². The summed E-state index contributed by atoms with van der Waals surface area (Å²) in [7, 11) is 0. The predicted octanol–water partition coefficient (Wildman–Crippen LogP) is 1.40. The molecule has 3 fully saturated rings. The zero-order chi connectivity index (χ0) is 24.4. The molecule has 0 aliphatic carbocycles. The van der Waals surface area contributed by atoms with Crippen molar-refractivity contribution >= 4 is 23.8 Å². The summed E-state index contributed by atoms with van der Waals surface area (Å²) in [5.74, 6) is 5.88. The molecule has 0 saturated carbocycles. The van der Waals surface area contributed by atoms with Gasteiger partial charge in [0.2, 0.25) is 11.8 Å². The summed E-state index contributed by atoms with van der Waals surface area (Å²) in [6.45, 7) is 2.97. The van der Waals surface area contributed by atoms with Crippen LogP contribution in [-0.2, 0) is 20.9 Å². The molecule has 1 unspecified atom stereocenters. The van der Waals surface area contributed by atoms with Crippen LogP contribution in [-0.4, -0.2) is 71.9 Å². The van der Waals surface area contributed by atoms with Crippen LogP contribution in [0.2, 0.25) is 0 Å². The maximum Gasteiger partial charge on any atom is 0.317 e. The highest BCUT2D eigenvalue weighted by Gasteiger charge is 2.39. The first-order valence-electron chi connectivity index (χ1n) is 12.4. The summed E-state index contributed by atoms with van der Waals surface area (Å²) in [6, 6.07) is 4.81. The minimum atomic E-state index is -0.635. The van der Waals surface area contributed by atoms with E-state index >= 15 is 0 Å². The maximum atomic E-state index is 13.0. The van der Waals surface area contributed by atoms with Crippen molar-refractivity contribution in [3.8, 4) is 11.8 Å². The Bertz CT molecular complexity index is 1090. The van der Waals surface area contributed by atoms with Gasteiger partial charge in [0.05, 0.1) is 6.10 Å². The topological polar surface area (TPSA) is 108 Å². The highest BCUT2D eigenvalue weighted by molar-refractivity contribution is 6.05. The van der Waals surface area contributed by atoms with Gasteiger partial charge in [-0.1, -0.05) is 17.9 Å². The van der Waals surface area contributed by atoms with Crippen molar-refractivity contribution in [3.05, 3.63) is 34.9 Å². The van der Waals surface area contributed by atoms with E-state index in [1.807, 2.05) is 17.0 Å². The van der Waals surface area contributed by atoms with E-state index in [-0.39, 0.29) is 36.3 Å². The lowest BCUT2D eigenvalue weighted by atomic mass is 9.96. The SMILES string of the molecule is O=C1CCC(N2Cc3c(C#CC4CCN(C(=O)NC[C@H]5CCCO5)CC4)cccc3C2=O)C(=O)N1. The molecule has 0 spiro atoms. The Morgan fingerprint density at radius 3 is 2.71 bits per heavy atom. The maximum absolute atomic E-state index is 13.0. The number of nitrogens with zero attached hydrogens (tertiary/aromatic N) is 2. The number of carbonyl (C=O) groups excluding carboxylic acids is 4. The van der Waals surface area contributed by atoms with Gasteiger partial charge in [-0.15, -0.1) is 0 Å². The van der Waals surface area contributed by atoms with Gasteiger partial charge in [0.25, 0.3) is 5.91 Å². The van der Waals surface area contributed by atoms with E-state index < -0.39 is 11.9 Å². The van der Waals surface area contributed by atoms with Crippen molar-refractivity contribution in [2.45, 2.75) is 57.2 Å². The number of likely N-dealkylation sites (tertiary alicyclic amines) is 1. The fraction of sp³-hybridized carbons (Fsp3) is 0.538. The molecule has 9 nitrogen and oxygen atoms in total. The van der Waals surface area contributed by atoms with E-state index in [9.17, 15) is 19.2 Å². The number of imide groups is 1. The van der Waals surface area contributed by atoms with Crippen molar-refractivity contribution in [3.63, 3.8) is 0 Å². The number of amides is 5. The Morgan fingerprint density at radius 2 is 1.97 bits per heavy atom. The second-order valence-electron chi connectivity index (χ2n) is 9.58. The zero-order valence-corrected chi connectivity index (χ0v) is 19.7. The number of ether oxygens (including phenoxy) is 1. The molecule has 5 amide bonds. The Hall–Kier alpha value is -3.38. The monoisotopic (exact) mass is 478 g/mol. The molecular formula is C26H30N4O5. The average Bonchev–Trinajstić information content (AvgIpc) is 3.50. The van der Waals surface area contributed by atoms with Gasteiger partial charge in [-0.2, -0.15) is 0 Å². The van der Waals surface area contributed by atoms with E-state index in [0.29, 0.717) is 38.2 Å². The molecule has 2 atom stereocenters. The van der Waals surface area contributed by atoms with Crippen LogP contribution >= 0.6 is 0 Å². The summed E-state index contributed by atoms with van der Waals surface area (Å²) < 4.78 is 5.56. The van der Waals surface area contributed by atoms with E-state index in [1.54, 1.807) is 11.0 Å². The van der Waals surface area contributed by atoms with Crippen LogP contribution in [0, 0.1) is 17.8 Å². The molecule has 4 heterocycles. The molecule has 184 valence electrons. The Morgan fingerprint density at radius 1 is 1.14 bits per heavy atom. The molecule has 35 heavy (non-hydrogen) atoms. The lowest BCUT2D eigenvalue weighted by Crippen LogP contribution is -2.52. The number of benzene rings is 1. The molecule has 1 aromatic carbocycles. The summed E-state index contributed by atoms with van der Waals surface area (Å²) in [4.78, 5) is 52.6. The van der Waals surface area contributed by atoms with E-state index in [2.05, 4.69) is 22.5 Å². The Kier molecular flexibility index (Phi) is 6.73. The van der Waals surface area contributed by atoms with Crippen LogP contribution in [0.25, 0.3) is 0 Å². The highest BCUT2D eigenvalue weighted by Crippen LogP contribution is 2.29. The summed E-state index contributed by atoms with van der Waals surface area (Å²) >= 11 is 0. The van der Waals surface area contributed by atoms with Gasteiger partial charge < -0.3 is 19.9 Å². The minimum Gasteiger partial charge on any atom is -0.376 e. The third kappa shape index (κ3) is 5.03. The molecule has 4 aliphatic heterocycles. The first-order valence-corrected chi connectivity index (χ1v) is 12.4. The third-order valence-corrected chi connectivity index (χ3v) is 7.28. The van der Waals surface area contributed by atoms with Crippen molar-refractivity contribution in [1.29, 1.82) is 0 Å². The smallest absolute Gasteiger partial charge is 0.317 e. The number of piperidine rings is 2. The number of hydrogen-bond donors (Lipinski definition) is 2. The Balaban J connectivity index is 1.18. The second-order valence-corrected chi connectivity index (χ2v) is 9.58. The lowest BCUT2D eigenvalue weighted by Gasteiger charge is -2.30. The number of urea groups is 1. The van der Waals surface area contributed by atoms with Crippen LogP contribution < -0.4 is 10.6 Å². The summed E-state index contributed by atoms with van der Waals surface area (Å²) in [5, 5.41) is 5.31.